The normalized spacial score (nSPS) is 11.7. The van der Waals surface area contributed by atoms with Crippen molar-refractivity contribution in [1.29, 1.82) is 0 Å². The highest BCUT2D eigenvalue weighted by atomic mass is 16.3. The summed E-state index contributed by atoms with van der Waals surface area (Å²) in [6, 6.07) is 2.08. The number of aryl methyl sites for hydroxylation is 3. The van der Waals surface area contributed by atoms with Crippen LogP contribution in [0.2, 0.25) is 0 Å². The Kier molecular flexibility index (Phi) is 3.30. The van der Waals surface area contributed by atoms with E-state index < -0.39 is 0 Å². The Morgan fingerprint density at radius 3 is 2.56 bits per heavy atom. The lowest BCUT2D eigenvalue weighted by molar-refractivity contribution is 0.386. The average molecular weight is 247 g/mol. The molecule has 0 fully saturated rings. The Bertz CT molecular complexity index is 584. The molecule has 18 heavy (non-hydrogen) atoms. The highest BCUT2D eigenvalue weighted by Crippen LogP contribution is 2.28. The van der Waals surface area contributed by atoms with Crippen molar-refractivity contribution in [3.8, 4) is 5.75 Å². The minimum atomic E-state index is 0.303. The molecule has 0 radical (unpaired) electrons. The van der Waals surface area contributed by atoms with E-state index in [1.54, 1.807) is 0 Å². The fourth-order valence-corrected chi connectivity index (χ4v) is 2.32. The van der Waals surface area contributed by atoms with E-state index in [1.165, 1.54) is 5.69 Å². The van der Waals surface area contributed by atoms with E-state index in [0.717, 1.165) is 29.9 Å². The standard InChI is InChI=1S/C14H21N3O/c1-6-12-7-11(8-16(4)5)13(18)14-15-9(2)10(3)17(12)14/h7,18H,6,8H2,1-5H3. The molecule has 0 unspecified atom stereocenters. The Morgan fingerprint density at radius 2 is 2.00 bits per heavy atom. The first-order valence-corrected chi connectivity index (χ1v) is 6.29. The number of fused-ring (bicyclic) bond motifs is 1. The summed E-state index contributed by atoms with van der Waals surface area (Å²) in [4.78, 5) is 6.53. The summed E-state index contributed by atoms with van der Waals surface area (Å²) in [7, 11) is 3.99. The predicted octanol–water partition coefficient (Wildman–Crippen LogP) is 2.28. The second-order valence-electron chi connectivity index (χ2n) is 5.04. The van der Waals surface area contributed by atoms with Crippen LogP contribution in [-0.2, 0) is 13.0 Å². The van der Waals surface area contributed by atoms with Gasteiger partial charge in [-0.25, -0.2) is 4.98 Å². The number of nitrogens with zero attached hydrogens (tertiary/aromatic N) is 3. The smallest absolute Gasteiger partial charge is 0.180 e. The number of rotatable bonds is 3. The van der Waals surface area contributed by atoms with Crippen LogP contribution in [-0.4, -0.2) is 33.5 Å². The lowest BCUT2D eigenvalue weighted by Gasteiger charge is -2.14. The van der Waals surface area contributed by atoms with Crippen molar-refractivity contribution >= 4 is 5.65 Å². The first-order valence-electron chi connectivity index (χ1n) is 6.29. The summed E-state index contributed by atoms with van der Waals surface area (Å²) in [5.41, 5.74) is 4.89. The zero-order valence-electron chi connectivity index (χ0n) is 11.8. The molecule has 98 valence electrons. The summed E-state index contributed by atoms with van der Waals surface area (Å²) < 4.78 is 2.06. The van der Waals surface area contributed by atoms with Gasteiger partial charge in [-0.2, -0.15) is 0 Å². The van der Waals surface area contributed by atoms with Gasteiger partial charge in [0.2, 0.25) is 0 Å². The van der Waals surface area contributed by atoms with Gasteiger partial charge in [0.15, 0.2) is 11.4 Å². The molecule has 0 aliphatic carbocycles. The quantitative estimate of drug-likeness (QED) is 0.904. The van der Waals surface area contributed by atoms with E-state index in [-0.39, 0.29) is 0 Å². The third-order valence-electron chi connectivity index (χ3n) is 3.34. The summed E-state index contributed by atoms with van der Waals surface area (Å²) in [6.45, 7) is 6.87. The van der Waals surface area contributed by atoms with Crippen LogP contribution >= 0.6 is 0 Å². The van der Waals surface area contributed by atoms with E-state index in [1.807, 2.05) is 32.8 Å². The zero-order valence-corrected chi connectivity index (χ0v) is 11.8. The molecular formula is C14H21N3O. The SMILES string of the molecule is CCc1cc(CN(C)C)c(O)c2nc(C)c(C)n12. The largest absolute Gasteiger partial charge is 0.504 e. The van der Waals surface area contributed by atoms with Crippen LogP contribution in [0.15, 0.2) is 6.07 Å². The van der Waals surface area contributed by atoms with Crippen LogP contribution in [0.5, 0.6) is 5.75 Å². The summed E-state index contributed by atoms with van der Waals surface area (Å²) in [5, 5.41) is 10.3. The Hall–Kier alpha value is -1.55. The molecule has 1 N–H and O–H groups in total. The lowest BCUT2D eigenvalue weighted by Crippen LogP contribution is -2.12. The Balaban J connectivity index is 2.74. The molecule has 2 heterocycles. The molecule has 4 nitrogen and oxygen atoms in total. The van der Waals surface area contributed by atoms with Gasteiger partial charge in [-0.15, -0.1) is 0 Å². The predicted molar refractivity (Wildman–Crippen MR) is 73.1 cm³/mol. The van der Waals surface area contributed by atoms with Gasteiger partial charge in [0.25, 0.3) is 0 Å². The molecule has 0 saturated carbocycles. The van der Waals surface area contributed by atoms with Crippen LogP contribution in [0.3, 0.4) is 0 Å². The molecule has 0 bridgehead atoms. The van der Waals surface area contributed by atoms with E-state index >= 15 is 0 Å². The van der Waals surface area contributed by atoms with Crippen molar-refractivity contribution in [3.63, 3.8) is 0 Å². The minimum absolute atomic E-state index is 0.303. The number of hydrogen-bond donors (Lipinski definition) is 1. The van der Waals surface area contributed by atoms with Crippen molar-refractivity contribution in [2.75, 3.05) is 14.1 Å². The van der Waals surface area contributed by atoms with Gasteiger partial charge in [-0.05, 0) is 40.4 Å². The maximum atomic E-state index is 10.3. The van der Waals surface area contributed by atoms with Crippen LogP contribution in [0, 0.1) is 13.8 Å². The van der Waals surface area contributed by atoms with E-state index in [2.05, 4.69) is 22.4 Å². The van der Waals surface area contributed by atoms with Crippen molar-refractivity contribution in [1.82, 2.24) is 14.3 Å². The maximum Gasteiger partial charge on any atom is 0.180 e. The highest BCUT2D eigenvalue weighted by molar-refractivity contribution is 5.60. The third kappa shape index (κ3) is 1.97. The maximum absolute atomic E-state index is 10.3. The van der Waals surface area contributed by atoms with Crippen LogP contribution in [0.4, 0.5) is 0 Å². The summed E-state index contributed by atoms with van der Waals surface area (Å²) >= 11 is 0. The van der Waals surface area contributed by atoms with Crippen molar-refractivity contribution in [2.24, 2.45) is 0 Å². The van der Waals surface area contributed by atoms with Crippen molar-refractivity contribution in [2.45, 2.75) is 33.7 Å². The third-order valence-corrected chi connectivity index (χ3v) is 3.34. The first-order chi connectivity index (χ1) is 8.45. The molecule has 0 amide bonds. The minimum Gasteiger partial charge on any atom is -0.504 e. The van der Waals surface area contributed by atoms with Gasteiger partial charge in [-0.3, -0.25) is 4.40 Å². The van der Waals surface area contributed by atoms with Crippen LogP contribution in [0.1, 0.15) is 29.6 Å². The fraction of sp³-hybridized carbons (Fsp3) is 0.500. The van der Waals surface area contributed by atoms with Crippen LogP contribution < -0.4 is 0 Å². The van der Waals surface area contributed by atoms with Gasteiger partial charge in [-0.1, -0.05) is 6.92 Å². The molecule has 0 spiro atoms. The van der Waals surface area contributed by atoms with Gasteiger partial charge in [0.1, 0.15) is 0 Å². The molecule has 0 aliphatic heterocycles. The summed E-state index contributed by atoms with van der Waals surface area (Å²) in [6.07, 6.45) is 0.924. The monoisotopic (exact) mass is 247 g/mol. The van der Waals surface area contributed by atoms with Gasteiger partial charge < -0.3 is 10.0 Å². The molecule has 4 heteroatoms. The molecule has 0 aromatic carbocycles. The topological polar surface area (TPSA) is 40.8 Å². The second kappa shape index (κ2) is 4.61. The number of imidazole rings is 1. The second-order valence-corrected chi connectivity index (χ2v) is 5.04. The molecule has 2 aromatic rings. The Labute approximate surface area is 108 Å². The molecule has 2 aromatic heterocycles. The lowest BCUT2D eigenvalue weighted by atomic mass is 10.1. The number of pyridine rings is 1. The van der Waals surface area contributed by atoms with Crippen molar-refractivity contribution < 1.29 is 5.11 Å². The first kappa shape index (κ1) is 12.9. The van der Waals surface area contributed by atoms with Crippen molar-refractivity contribution in [3.05, 3.63) is 28.7 Å². The Morgan fingerprint density at radius 1 is 1.33 bits per heavy atom. The zero-order chi connectivity index (χ0) is 13.4. The van der Waals surface area contributed by atoms with E-state index in [9.17, 15) is 5.11 Å². The van der Waals surface area contributed by atoms with Gasteiger partial charge >= 0.3 is 0 Å². The van der Waals surface area contributed by atoms with Gasteiger partial charge in [0, 0.05) is 23.5 Å². The summed E-state index contributed by atoms with van der Waals surface area (Å²) in [5.74, 6) is 0.303. The van der Waals surface area contributed by atoms with E-state index in [0.29, 0.717) is 11.4 Å². The fourth-order valence-electron chi connectivity index (χ4n) is 2.32. The van der Waals surface area contributed by atoms with Gasteiger partial charge in [0.05, 0.1) is 5.69 Å². The average Bonchev–Trinajstić information content (AvgIpc) is 2.60. The van der Waals surface area contributed by atoms with Crippen LogP contribution in [0.25, 0.3) is 5.65 Å². The molecule has 0 aliphatic rings. The molecule has 0 saturated heterocycles. The number of aromatic nitrogens is 2. The van der Waals surface area contributed by atoms with E-state index in [4.69, 9.17) is 0 Å². The number of hydrogen-bond acceptors (Lipinski definition) is 3. The highest BCUT2D eigenvalue weighted by Gasteiger charge is 2.16. The molecule has 0 atom stereocenters. The molecule has 2 rings (SSSR count). The molecular weight excluding hydrogens is 226 g/mol. The number of aromatic hydroxyl groups is 1.